The van der Waals surface area contributed by atoms with E-state index in [1.165, 1.54) is 0 Å². The van der Waals surface area contributed by atoms with Gasteiger partial charge in [0.2, 0.25) is 0 Å². The van der Waals surface area contributed by atoms with Crippen LogP contribution in [0.15, 0.2) is 42.5 Å². The second-order valence-corrected chi connectivity index (χ2v) is 11.0. The molecule has 3 saturated heterocycles. The number of rotatable bonds is 8. The molecule has 2 aromatic rings. The maximum Gasteiger partial charge on any atom is 0.258 e. The zero-order chi connectivity index (χ0) is 25.2. The number of nitrogens with zero attached hydrogens (tertiary/aromatic N) is 2. The molecule has 1 amide bonds. The Morgan fingerprint density at radius 1 is 1.08 bits per heavy atom. The summed E-state index contributed by atoms with van der Waals surface area (Å²) in [5.74, 6) is 0.991. The van der Waals surface area contributed by atoms with Gasteiger partial charge in [-0.15, -0.1) is 0 Å². The SMILES string of the molecule is COCCOc1ccc(-c2cccc(C3CCC(F)(C(=O)NC4(C)CN5CCC4CC5)CC3)n2)cc1. The Kier molecular flexibility index (Phi) is 7.31. The molecular formula is C29H38FN3O3. The van der Waals surface area contributed by atoms with Crippen molar-refractivity contribution in [3.8, 4) is 17.0 Å². The maximum absolute atomic E-state index is 15.8. The van der Waals surface area contributed by atoms with Crippen molar-refractivity contribution >= 4 is 5.91 Å². The first-order chi connectivity index (χ1) is 17.4. The number of benzene rings is 1. The van der Waals surface area contributed by atoms with Gasteiger partial charge in [-0.25, -0.2) is 4.39 Å². The maximum atomic E-state index is 15.8. The van der Waals surface area contributed by atoms with Crippen LogP contribution in [-0.2, 0) is 9.53 Å². The van der Waals surface area contributed by atoms with Crippen LogP contribution in [0.3, 0.4) is 0 Å². The first-order valence-electron chi connectivity index (χ1n) is 13.3. The van der Waals surface area contributed by atoms with Gasteiger partial charge in [-0.1, -0.05) is 6.07 Å². The molecule has 4 heterocycles. The number of amides is 1. The van der Waals surface area contributed by atoms with E-state index in [4.69, 9.17) is 14.5 Å². The van der Waals surface area contributed by atoms with Crippen molar-refractivity contribution in [2.75, 3.05) is 40.0 Å². The molecule has 0 spiro atoms. The number of aromatic nitrogens is 1. The zero-order valence-electron chi connectivity index (χ0n) is 21.5. The molecule has 1 aromatic carbocycles. The topological polar surface area (TPSA) is 63.7 Å². The zero-order valence-corrected chi connectivity index (χ0v) is 21.5. The number of hydrogen-bond donors (Lipinski definition) is 1. The number of carbonyl (C=O) groups is 1. The fraction of sp³-hybridized carbons (Fsp3) is 0.586. The van der Waals surface area contributed by atoms with E-state index >= 15 is 4.39 Å². The number of pyridine rings is 1. The average molecular weight is 496 g/mol. The van der Waals surface area contributed by atoms with Crippen LogP contribution in [0, 0.1) is 5.92 Å². The van der Waals surface area contributed by atoms with E-state index in [0.717, 1.165) is 55.2 Å². The first kappa shape index (κ1) is 25.2. The number of halogens is 1. The van der Waals surface area contributed by atoms with E-state index < -0.39 is 11.6 Å². The van der Waals surface area contributed by atoms with Gasteiger partial charge in [-0.3, -0.25) is 9.78 Å². The number of hydrogen-bond acceptors (Lipinski definition) is 5. The number of nitrogens with one attached hydrogen (secondary N) is 1. The Bertz CT molecular complexity index is 1050. The van der Waals surface area contributed by atoms with Gasteiger partial charge in [-0.05, 0) is 101 Å². The van der Waals surface area contributed by atoms with E-state index in [-0.39, 0.29) is 24.3 Å². The Morgan fingerprint density at radius 2 is 1.81 bits per heavy atom. The molecule has 0 radical (unpaired) electrons. The number of piperidine rings is 3. The molecule has 1 atom stereocenters. The molecular weight excluding hydrogens is 457 g/mol. The van der Waals surface area contributed by atoms with E-state index in [1.807, 2.05) is 42.5 Å². The highest BCUT2D eigenvalue weighted by Crippen LogP contribution is 2.42. The summed E-state index contributed by atoms with van der Waals surface area (Å²) in [5.41, 5.74) is 0.767. The normalized spacial score (nSPS) is 31.7. The molecule has 1 aliphatic carbocycles. The monoisotopic (exact) mass is 495 g/mol. The van der Waals surface area contributed by atoms with Crippen molar-refractivity contribution in [3.63, 3.8) is 0 Å². The van der Waals surface area contributed by atoms with Crippen LogP contribution < -0.4 is 10.1 Å². The van der Waals surface area contributed by atoms with Crippen molar-refractivity contribution in [3.05, 3.63) is 48.2 Å². The summed E-state index contributed by atoms with van der Waals surface area (Å²) in [5, 5.41) is 3.15. The third-order valence-corrected chi connectivity index (χ3v) is 8.52. The average Bonchev–Trinajstić information content (AvgIpc) is 2.90. The van der Waals surface area contributed by atoms with Gasteiger partial charge in [0.25, 0.3) is 5.91 Å². The van der Waals surface area contributed by atoms with Crippen molar-refractivity contribution < 1.29 is 18.7 Å². The van der Waals surface area contributed by atoms with E-state index in [9.17, 15) is 4.79 Å². The largest absolute Gasteiger partial charge is 0.491 e. The van der Waals surface area contributed by atoms with Gasteiger partial charge >= 0.3 is 0 Å². The highest BCUT2D eigenvalue weighted by atomic mass is 19.1. The number of alkyl halides is 1. The molecule has 6 nitrogen and oxygen atoms in total. The molecule has 1 aromatic heterocycles. The van der Waals surface area contributed by atoms with Gasteiger partial charge < -0.3 is 19.7 Å². The Labute approximate surface area is 213 Å². The van der Waals surface area contributed by atoms with Crippen molar-refractivity contribution in [2.24, 2.45) is 5.92 Å². The lowest BCUT2D eigenvalue weighted by Crippen LogP contribution is -2.67. The molecule has 7 heteroatoms. The summed E-state index contributed by atoms with van der Waals surface area (Å²) < 4.78 is 26.5. The van der Waals surface area contributed by atoms with Crippen LogP contribution in [0.25, 0.3) is 11.3 Å². The minimum atomic E-state index is -1.79. The minimum Gasteiger partial charge on any atom is -0.491 e. The van der Waals surface area contributed by atoms with Crippen LogP contribution in [0.5, 0.6) is 5.75 Å². The number of ether oxygens (including phenoxy) is 2. The van der Waals surface area contributed by atoms with Gasteiger partial charge in [0.15, 0.2) is 5.67 Å². The first-order valence-corrected chi connectivity index (χ1v) is 13.3. The second-order valence-electron chi connectivity index (χ2n) is 11.0. The molecule has 194 valence electrons. The quantitative estimate of drug-likeness (QED) is 0.536. The predicted octanol–water partition coefficient (Wildman–Crippen LogP) is 4.74. The number of carbonyl (C=O) groups excluding carboxylic acids is 1. The van der Waals surface area contributed by atoms with E-state index in [1.54, 1.807) is 7.11 Å². The summed E-state index contributed by atoms with van der Waals surface area (Å²) in [7, 11) is 1.65. The number of fused-ring (bicyclic) bond motifs is 3. The Hall–Kier alpha value is -2.51. The molecule has 1 unspecified atom stereocenters. The fourth-order valence-corrected chi connectivity index (χ4v) is 6.24. The van der Waals surface area contributed by atoms with Crippen LogP contribution in [0.1, 0.15) is 57.1 Å². The van der Waals surface area contributed by atoms with Gasteiger partial charge in [0.1, 0.15) is 12.4 Å². The van der Waals surface area contributed by atoms with Crippen LogP contribution in [0.4, 0.5) is 4.39 Å². The van der Waals surface area contributed by atoms with Crippen LogP contribution in [0.2, 0.25) is 0 Å². The third kappa shape index (κ3) is 5.28. The summed E-state index contributed by atoms with van der Waals surface area (Å²) in [4.78, 5) is 20.4. The lowest BCUT2D eigenvalue weighted by molar-refractivity contribution is -0.140. The van der Waals surface area contributed by atoms with Gasteiger partial charge in [0.05, 0.1) is 17.8 Å². The van der Waals surface area contributed by atoms with Gasteiger partial charge in [0, 0.05) is 30.8 Å². The number of methoxy groups -OCH3 is 1. The van der Waals surface area contributed by atoms with Crippen molar-refractivity contribution in [2.45, 2.75) is 62.6 Å². The van der Waals surface area contributed by atoms with E-state index in [0.29, 0.717) is 32.0 Å². The standard InChI is InChI=1S/C29H38FN3O3/c1-28(20-33-16-12-23(28)13-17-33)32-27(34)29(30)14-10-22(11-15-29)26-5-3-4-25(31-26)21-6-8-24(9-7-21)36-19-18-35-2/h3-9,22-23H,10-20H2,1-2H3,(H,32,34). The summed E-state index contributed by atoms with van der Waals surface area (Å²) in [6, 6.07) is 13.9. The van der Waals surface area contributed by atoms with E-state index in [2.05, 4.69) is 17.1 Å². The van der Waals surface area contributed by atoms with Crippen molar-refractivity contribution in [1.29, 1.82) is 0 Å². The molecule has 1 saturated carbocycles. The van der Waals surface area contributed by atoms with Gasteiger partial charge in [-0.2, -0.15) is 0 Å². The molecule has 1 N–H and O–H groups in total. The Morgan fingerprint density at radius 3 is 2.44 bits per heavy atom. The predicted molar refractivity (Wildman–Crippen MR) is 138 cm³/mol. The molecule has 2 bridgehead atoms. The van der Waals surface area contributed by atoms with Crippen LogP contribution in [-0.4, -0.2) is 67.0 Å². The molecule has 4 fully saturated rings. The summed E-state index contributed by atoms with van der Waals surface area (Å²) in [6.45, 7) is 6.18. The molecule has 36 heavy (non-hydrogen) atoms. The smallest absolute Gasteiger partial charge is 0.258 e. The lowest BCUT2D eigenvalue weighted by atomic mass is 9.72. The highest BCUT2D eigenvalue weighted by Gasteiger charge is 2.49. The Balaban J connectivity index is 1.19. The second kappa shape index (κ2) is 10.5. The summed E-state index contributed by atoms with van der Waals surface area (Å²) >= 11 is 0. The minimum absolute atomic E-state index is 0.158. The van der Waals surface area contributed by atoms with Crippen LogP contribution >= 0.6 is 0 Å². The lowest BCUT2D eigenvalue weighted by Gasteiger charge is -2.52. The van der Waals surface area contributed by atoms with Crippen molar-refractivity contribution in [1.82, 2.24) is 15.2 Å². The molecule has 4 aliphatic rings. The highest BCUT2D eigenvalue weighted by molar-refractivity contribution is 5.86. The summed E-state index contributed by atoms with van der Waals surface area (Å²) in [6.07, 6.45) is 3.91. The molecule has 3 aliphatic heterocycles. The molecule has 6 rings (SSSR count). The fourth-order valence-electron chi connectivity index (χ4n) is 6.24. The third-order valence-electron chi connectivity index (χ3n) is 8.52.